The fourth-order valence-electron chi connectivity index (χ4n) is 3.29. The van der Waals surface area contributed by atoms with Gasteiger partial charge in [0.15, 0.2) is 5.82 Å². The third-order valence-corrected chi connectivity index (χ3v) is 4.61. The highest BCUT2D eigenvalue weighted by atomic mass is 16.6. The molecule has 3 aromatic rings. The number of fused-ring (bicyclic) bond motifs is 2. The zero-order valence-electron chi connectivity index (χ0n) is 14.9. The number of aromatic nitrogens is 3. The average molecular weight is 365 g/mol. The van der Waals surface area contributed by atoms with Gasteiger partial charge in [-0.25, -0.2) is 4.79 Å². The van der Waals surface area contributed by atoms with Gasteiger partial charge in [-0.3, -0.25) is 14.9 Å². The van der Waals surface area contributed by atoms with Crippen molar-refractivity contribution in [3.63, 3.8) is 0 Å². The van der Waals surface area contributed by atoms with Crippen molar-refractivity contribution in [1.82, 2.24) is 20.1 Å². The molecule has 27 heavy (non-hydrogen) atoms. The van der Waals surface area contributed by atoms with Crippen molar-refractivity contribution in [3.05, 3.63) is 53.3 Å². The number of pyridine rings is 1. The first kappa shape index (κ1) is 17.0. The summed E-state index contributed by atoms with van der Waals surface area (Å²) in [6, 6.07) is 7.58. The number of hydrogen-bond acceptors (Lipinski definition) is 5. The quantitative estimate of drug-likeness (QED) is 0.743. The van der Waals surface area contributed by atoms with Gasteiger partial charge >= 0.3 is 6.09 Å². The maximum absolute atomic E-state index is 12.8. The Morgan fingerprint density at radius 1 is 1.30 bits per heavy atom. The maximum atomic E-state index is 12.8. The molecule has 1 aliphatic rings. The number of anilines is 1. The number of ether oxygens (including phenoxy) is 1. The number of aromatic amines is 1. The summed E-state index contributed by atoms with van der Waals surface area (Å²) in [6.07, 6.45) is 3.48. The number of nitrogens with zero attached hydrogens (tertiary/aromatic N) is 3. The van der Waals surface area contributed by atoms with E-state index in [0.29, 0.717) is 37.5 Å². The molecule has 0 atom stereocenters. The Morgan fingerprint density at radius 3 is 3.00 bits per heavy atom. The van der Waals surface area contributed by atoms with Crippen LogP contribution in [0.15, 0.2) is 36.7 Å². The number of amides is 2. The standard InChI is InChI=1S/C19H19N5O3/c1-2-27-19(26)24-8-7-13-12(11-24)9-20-10-15(13)18(25)21-17-14-5-3-4-6-16(14)22-23-17/h3-6,9-10H,2,7-8,11H2,1H3,(H2,21,22,23,25). The first-order valence-corrected chi connectivity index (χ1v) is 8.79. The Balaban J connectivity index is 1.57. The highest BCUT2D eigenvalue weighted by Crippen LogP contribution is 2.24. The molecule has 0 unspecified atom stereocenters. The van der Waals surface area contributed by atoms with Crippen LogP contribution in [0, 0.1) is 0 Å². The van der Waals surface area contributed by atoms with Crippen LogP contribution in [-0.2, 0) is 17.7 Å². The predicted octanol–water partition coefficient (Wildman–Crippen LogP) is 2.72. The van der Waals surface area contributed by atoms with Gasteiger partial charge in [0.2, 0.25) is 0 Å². The second-order valence-electron chi connectivity index (χ2n) is 6.27. The highest BCUT2D eigenvalue weighted by Gasteiger charge is 2.26. The second kappa shape index (κ2) is 7.06. The van der Waals surface area contributed by atoms with Crippen molar-refractivity contribution in [3.8, 4) is 0 Å². The van der Waals surface area contributed by atoms with Gasteiger partial charge in [-0.1, -0.05) is 12.1 Å². The van der Waals surface area contributed by atoms with Gasteiger partial charge in [-0.15, -0.1) is 0 Å². The second-order valence-corrected chi connectivity index (χ2v) is 6.27. The SMILES string of the molecule is CCOC(=O)N1CCc2c(cncc2C(=O)Nc2n[nH]c3ccccc23)C1. The zero-order valence-corrected chi connectivity index (χ0v) is 14.9. The molecule has 2 amide bonds. The lowest BCUT2D eigenvalue weighted by molar-refractivity contribution is 0.101. The molecule has 1 aromatic carbocycles. The van der Waals surface area contributed by atoms with Crippen LogP contribution in [0.3, 0.4) is 0 Å². The number of para-hydroxylation sites is 1. The molecule has 8 nitrogen and oxygen atoms in total. The lowest BCUT2D eigenvalue weighted by Crippen LogP contribution is -2.37. The molecule has 0 saturated heterocycles. The van der Waals surface area contributed by atoms with Gasteiger partial charge in [-0.05, 0) is 36.6 Å². The highest BCUT2D eigenvalue weighted by molar-refractivity contribution is 6.08. The number of benzene rings is 1. The molecule has 0 fully saturated rings. The van der Waals surface area contributed by atoms with Crippen molar-refractivity contribution in [2.75, 3.05) is 18.5 Å². The van der Waals surface area contributed by atoms with Crippen molar-refractivity contribution in [2.24, 2.45) is 0 Å². The topological polar surface area (TPSA) is 100 Å². The van der Waals surface area contributed by atoms with Gasteiger partial charge in [0.05, 0.1) is 24.2 Å². The molecule has 1 aliphatic heterocycles. The van der Waals surface area contributed by atoms with Crippen LogP contribution in [0.2, 0.25) is 0 Å². The summed E-state index contributed by atoms with van der Waals surface area (Å²) in [4.78, 5) is 30.6. The average Bonchev–Trinajstić information content (AvgIpc) is 3.10. The molecule has 2 N–H and O–H groups in total. The summed E-state index contributed by atoms with van der Waals surface area (Å²) in [7, 11) is 0. The van der Waals surface area contributed by atoms with E-state index in [1.165, 1.54) is 0 Å². The summed E-state index contributed by atoms with van der Waals surface area (Å²) in [6.45, 7) is 2.99. The van der Waals surface area contributed by atoms with Crippen LogP contribution in [0.4, 0.5) is 10.6 Å². The number of carbonyl (C=O) groups is 2. The largest absolute Gasteiger partial charge is 0.450 e. The first-order chi connectivity index (χ1) is 13.2. The maximum Gasteiger partial charge on any atom is 0.410 e. The lowest BCUT2D eigenvalue weighted by atomic mass is 9.97. The van der Waals surface area contributed by atoms with Gasteiger partial charge in [0.1, 0.15) is 0 Å². The summed E-state index contributed by atoms with van der Waals surface area (Å²) < 4.78 is 5.06. The molecule has 0 saturated carbocycles. The Bertz CT molecular complexity index is 1010. The van der Waals surface area contributed by atoms with Crippen molar-refractivity contribution < 1.29 is 14.3 Å². The van der Waals surface area contributed by atoms with Gasteiger partial charge in [0, 0.05) is 24.3 Å². The number of hydrogen-bond donors (Lipinski definition) is 2. The predicted molar refractivity (Wildman–Crippen MR) is 99.4 cm³/mol. The van der Waals surface area contributed by atoms with Crippen LogP contribution < -0.4 is 5.32 Å². The number of carbonyl (C=O) groups excluding carboxylic acids is 2. The fraction of sp³-hybridized carbons (Fsp3) is 0.263. The normalized spacial score (nSPS) is 13.3. The minimum atomic E-state index is -0.346. The molecular weight excluding hydrogens is 346 g/mol. The van der Waals surface area contributed by atoms with E-state index in [1.807, 2.05) is 24.3 Å². The molecule has 2 aromatic heterocycles. The minimum absolute atomic E-state index is 0.263. The summed E-state index contributed by atoms with van der Waals surface area (Å²) in [5.41, 5.74) is 3.12. The molecule has 0 spiro atoms. The molecule has 3 heterocycles. The van der Waals surface area contributed by atoms with E-state index >= 15 is 0 Å². The van der Waals surface area contributed by atoms with Crippen molar-refractivity contribution >= 4 is 28.7 Å². The summed E-state index contributed by atoms with van der Waals surface area (Å²) in [5.74, 6) is 0.221. The van der Waals surface area contributed by atoms with Crippen LogP contribution >= 0.6 is 0 Å². The molecule has 8 heteroatoms. The number of rotatable bonds is 3. The Morgan fingerprint density at radius 2 is 2.15 bits per heavy atom. The van der Waals surface area contributed by atoms with E-state index in [0.717, 1.165) is 22.0 Å². The molecule has 138 valence electrons. The van der Waals surface area contributed by atoms with E-state index in [9.17, 15) is 9.59 Å². The molecule has 4 rings (SSSR count). The molecular formula is C19H19N5O3. The first-order valence-electron chi connectivity index (χ1n) is 8.79. The third kappa shape index (κ3) is 3.21. The van der Waals surface area contributed by atoms with Gasteiger partial charge in [0.25, 0.3) is 5.91 Å². The van der Waals surface area contributed by atoms with E-state index in [2.05, 4.69) is 20.5 Å². The Kier molecular flexibility index (Phi) is 4.45. The smallest absolute Gasteiger partial charge is 0.410 e. The summed E-state index contributed by atoms with van der Waals surface area (Å²) in [5, 5.41) is 10.8. The molecule has 0 aliphatic carbocycles. The minimum Gasteiger partial charge on any atom is -0.450 e. The third-order valence-electron chi connectivity index (χ3n) is 4.61. The van der Waals surface area contributed by atoms with E-state index in [1.54, 1.807) is 24.2 Å². The molecule has 0 bridgehead atoms. The van der Waals surface area contributed by atoms with Crippen LogP contribution in [-0.4, -0.2) is 45.2 Å². The van der Waals surface area contributed by atoms with E-state index < -0.39 is 0 Å². The van der Waals surface area contributed by atoms with Crippen LogP contribution in [0.5, 0.6) is 0 Å². The Labute approximate surface area is 155 Å². The van der Waals surface area contributed by atoms with Crippen LogP contribution in [0.1, 0.15) is 28.4 Å². The number of nitrogens with one attached hydrogen (secondary N) is 2. The molecule has 0 radical (unpaired) electrons. The number of H-pyrrole nitrogens is 1. The van der Waals surface area contributed by atoms with Crippen molar-refractivity contribution in [1.29, 1.82) is 0 Å². The van der Waals surface area contributed by atoms with Gasteiger partial charge in [-0.2, -0.15) is 5.10 Å². The monoisotopic (exact) mass is 365 g/mol. The lowest BCUT2D eigenvalue weighted by Gasteiger charge is -2.28. The summed E-state index contributed by atoms with van der Waals surface area (Å²) >= 11 is 0. The Hall–Kier alpha value is -3.42. The van der Waals surface area contributed by atoms with Crippen molar-refractivity contribution in [2.45, 2.75) is 19.9 Å². The van der Waals surface area contributed by atoms with Crippen LogP contribution in [0.25, 0.3) is 10.9 Å². The zero-order chi connectivity index (χ0) is 18.8. The van der Waals surface area contributed by atoms with E-state index in [-0.39, 0.29) is 12.0 Å². The van der Waals surface area contributed by atoms with Gasteiger partial charge < -0.3 is 15.0 Å². The van der Waals surface area contributed by atoms with E-state index in [4.69, 9.17) is 4.74 Å². The fourth-order valence-corrected chi connectivity index (χ4v) is 3.29.